The maximum atomic E-state index is 5.60. The first kappa shape index (κ1) is 18.9. The van der Waals surface area contributed by atoms with Crippen LogP contribution in [0.2, 0.25) is 0 Å². The van der Waals surface area contributed by atoms with Gasteiger partial charge in [-0.2, -0.15) is 0 Å². The van der Waals surface area contributed by atoms with Gasteiger partial charge in [-0.05, 0) is 30.2 Å². The standard InChI is InChI=1S/C20H33NO3/c1-20(2,3)15-9-7-8-10-16(15)21-13-14-11-12-17(22-4)19(24-6)18(14)23-5/h11-12,15-16,21H,7-10,13H2,1-6H3/t15-,16+/m1/s1. The van der Waals surface area contributed by atoms with E-state index in [0.717, 1.165) is 17.9 Å². The van der Waals surface area contributed by atoms with Gasteiger partial charge in [0.25, 0.3) is 0 Å². The molecule has 2 atom stereocenters. The van der Waals surface area contributed by atoms with E-state index in [2.05, 4.69) is 32.2 Å². The second kappa shape index (κ2) is 8.11. The highest BCUT2D eigenvalue weighted by atomic mass is 16.5. The summed E-state index contributed by atoms with van der Waals surface area (Å²) < 4.78 is 16.5. The molecule has 136 valence electrons. The lowest BCUT2D eigenvalue weighted by molar-refractivity contribution is 0.130. The largest absolute Gasteiger partial charge is 0.493 e. The van der Waals surface area contributed by atoms with E-state index in [9.17, 15) is 0 Å². The number of methoxy groups -OCH3 is 3. The topological polar surface area (TPSA) is 39.7 Å². The third kappa shape index (κ3) is 4.15. The molecule has 0 aliphatic heterocycles. The summed E-state index contributed by atoms with van der Waals surface area (Å²) in [7, 11) is 4.97. The fraction of sp³-hybridized carbons (Fsp3) is 0.700. The van der Waals surface area contributed by atoms with Crippen molar-refractivity contribution in [3.05, 3.63) is 17.7 Å². The lowest BCUT2D eigenvalue weighted by Gasteiger charge is -2.41. The molecule has 0 aromatic heterocycles. The second-order valence-electron chi connectivity index (χ2n) is 7.74. The summed E-state index contributed by atoms with van der Waals surface area (Å²) in [6.07, 6.45) is 5.22. The van der Waals surface area contributed by atoms with E-state index in [4.69, 9.17) is 14.2 Å². The molecule has 24 heavy (non-hydrogen) atoms. The summed E-state index contributed by atoms with van der Waals surface area (Å²) >= 11 is 0. The Morgan fingerprint density at radius 1 is 0.958 bits per heavy atom. The number of ether oxygens (including phenoxy) is 3. The minimum atomic E-state index is 0.333. The van der Waals surface area contributed by atoms with Gasteiger partial charge in [-0.3, -0.25) is 0 Å². The molecule has 0 unspecified atom stereocenters. The van der Waals surface area contributed by atoms with Crippen molar-refractivity contribution in [2.45, 2.75) is 59.0 Å². The summed E-state index contributed by atoms with van der Waals surface area (Å²) in [5, 5.41) is 3.78. The summed E-state index contributed by atoms with van der Waals surface area (Å²) in [5.74, 6) is 2.82. The number of hydrogen-bond donors (Lipinski definition) is 1. The van der Waals surface area contributed by atoms with Crippen molar-refractivity contribution in [1.29, 1.82) is 0 Å². The van der Waals surface area contributed by atoms with Crippen molar-refractivity contribution in [2.24, 2.45) is 11.3 Å². The van der Waals surface area contributed by atoms with E-state index in [1.165, 1.54) is 25.7 Å². The van der Waals surface area contributed by atoms with Gasteiger partial charge in [0.1, 0.15) is 0 Å². The van der Waals surface area contributed by atoms with Crippen molar-refractivity contribution in [3.63, 3.8) is 0 Å². The highest BCUT2D eigenvalue weighted by Crippen LogP contribution is 2.41. The Morgan fingerprint density at radius 2 is 1.62 bits per heavy atom. The van der Waals surface area contributed by atoms with Gasteiger partial charge in [0.05, 0.1) is 21.3 Å². The molecule has 1 aliphatic carbocycles. The van der Waals surface area contributed by atoms with Crippen LogP contribution in [0.25, 0.3) is 0 Å². The molecular weight excluding hydrogens is 302 g/mol. The number of rotatable bonds is 6. The van der Waals surface area contributed by atoms with Gasteiger partial charge in [-0.15, -0.1) is 0 Å². The zero-order chi connectivity index (χ0) is 17.7. The van der Waals surface area contributed by atoms with E-state index in [1.807, 2.05) is 6.07 Å². The number of nitrogens with one attached hydrogen (secondary N) is 1. The maximum Gasteiger partial charge on any atom is 0.203 e. The van der Waals surface area contributed by atoms with Gasteiger partial charge in [0.15, 0.2) is 11.5 Å². The molecule has 1 saturated carbocycles. The van der Waals surface area contributed by atoms with Crippen LogP contribution < -0.4 is 19.5 Å². The quantitative estimate of drug-likeness (QED) is 0.836. The maximum absolute atomic E-state index is 5.60. The molecule has 1 aliphatic rings. The van der Waals surface area contributed by atoms with Crippen LogP contribution in [-0.4, -0.2) is 27.4 Å². The molecule has 4 heteroatoms. The van der Waals surface area contributed by atoms with Gasteiger partial charge in [-0.25, -0.2) is 0 Å². The van der Waals surface area contributed by atoms with Crippen LogP contribution in [-0.2, 0) is 6.54 Å². The molecule has 0 spiro atoms. The van der Waals surface area contributed by atoms with Crippen LogP contribution in [0.1, 0.15) is 52.0 Å². The van der Waals surface area contributed by atoms with E-state index < -0.39 is 0 Å². The highest BCUT2D eigenvalue weighted by molar-refractivity contribution is 5.55. The molecule has 4 nitrogen and oxygen atoms in total. The van der Waals surface area contributed by atoms with Crippen molar-refractivity contribution in [3.8, 4) is 17.2 Å². The van der Waals surface area contributed by atoms with Crippen molar-refractivity contribution < 1.29 is 14.2 Å². The molecule has 1 aromatic carbocycles. The Kier molecular flexibility index (Phi) is 6.39. The van der Waals surface area contributed by atoms with Crippen molar-refractivity contribution in [1.82, 2.24) is 5.32 Å². The van der Waals surface area contributed by atoms with E-state index in [0.29, 0.717) is 28.9 Å². The minimum Gasteiger partial charge on any atom is -0.493 e. The first-order chi connectivity index (χ1) is 11.4. The summed E-state index contributed by atoms with van der Waals surface area (Å²) in [5.41, 5.74) is 1.44. The lowest BCUT2D eigenvalue weighted by atomic mass is 9.69. The zero-order valence-corrected chi connectivity index (χ0v) is 16.1. The summed E-state index contributed by atoms with van der Waals surface area (Å²) in [4.78, 5) is 0. The number of hydrogen-bond acceptors (Lipinski definition) is 4. The van der Waals surface area contributed by atoms with Gasteiger partial charge in [-0.1, -0.05) is 39.7 Å². The zero-order valence-electron chi connectivity index (χ0n) is 16.1. The summed E-state index contributed by atoms with van der Waals surface area (Å²) in [6.45, 7) is 7.85. The first-order valence-corrected chi connectivity index (χ1v) is 8.93. The van der Waals surface area contributed by atoms with E-state index >= 15 is 0 Å². The third-order valence-electron chi connectivity index (χ3n) is 5.22. The molecule has 0 amide bonds. The Hall–Kier alpha value is -1.42. The first-order valence-electron chi connectivity index (χ1n) is 8.93. The molecule has 0 heterocycles. The molecule has 0 radical (unpaired) electrons. The van der Waals surface area contributed by atoms with Crippen LogP contribution in [0.15, 0.2) is 12.1 Å². The van der Waals surface area contributed by atoms with Crippen molar-refractivity contribution >= 4 is 0 Å². The van der Waals surface area contributed by atoms with Crippen LogP contribution in [0.5, 0.6) is 17.2 Å². The minimum absolute atomic E-state index is 0.333. The average molecular weight is 335 g/mol. The Labute approximate surface area is 146 Å². The van der Waals surface area contributed by atoms with Gasteiger partial charge in [0, 0.05) is 18.2 Å². The Morgan fingerprint density at radius 3 is 2.21 bits per heavy atom. The van der Waals surface area contributed by atoms with Crippen molar-refractivity contribution in [2.75, 3.05) is 21.3 Å². The van der Waals surface area contributed by atoms with Crippen LogP contribution in [0.3, 0.4) is 0 Å². The average Bonchev–Trinajstić information content (AvgIpc) is 2.58. The fourth-order valence-corrected chi connectivity index (χ4v) is 3.96. The monoisotopic (exact) mass is 335 g/mol. The molecule has 1 fully saturated rings. The highest BCUT2D eigenvalue weighted by Gasteiger charge is 2.33. The van der Waals surface area contributed by atoms with Crippen LogP contribution in [0.4, 0.5) is 0 Å². The second-order valence-corrected chi connectivity index (χ2v) is 7.74. The Bertz CT molecular complexity index is 536. The molecule has 0 bridgehead atoms. The van der Waals surface area contributed by atoms with Crippen LogP contribution >= 0.6 is 0 Å². The normalized spacial score (nSPS) is 21.4. The van der Waals surface area contributed by atoms with Gasteiger partial charge < -0.3 is 19.5 Å². The van der Waals surface area contributed by atoms with Crippen LogP contribution in [0, 0.1) is 11.3 Å². The smallest absolute Gasteiger partial charge is 0.203 e. The Balaban J connectivity index is 2.16. The summed E-state index contributed by atoms with van der Waals surface area (Å²) in [6, 6.07) is 4.55. The van der Waals surface area contributed by atoms with E-state index in [-0.39, 0.29) is 0 Å². The molecule has 1 aromatic rings. The molecule has 1 N–H and O–H groups in total. The SMILES string of the molecule is COc1ccc(CN[C@H]2CCCC[C@H]2C(C)(C)C)c(OC)c1OC. The number of benzene rings is 1. The van der Waals surface area contributed by atoms with E-state index in [1.54, 1.807) is 21.3 Å². The lowest BCUT2D eigenvalue weighted by Crippen LogP contribution is -2.43. The molecule has 0 saturated heterocycles. The van der Waals surface area contributed by atoms with Gasteiger partial charge >= 0.3 is 0 Å². The predicted molar refractivity (Wildman–Crippen MR) is 98.1 cm³/mol. The molecular formula is C20H33NO3. The van der Waals surface area contributed by atoms with Gasteiger partial charge in [0.2, 0.25) is 5.75 Å². The molecule has 2 rings (SSSR count). The fourth-order valence-electron chi connectivity index (χ4n) is 3.96. The predicted octanol–water partition coefficient (Wildman–Crippen LogP) is 4.41. The third-order valence-corrected chi connectivity index (χ3v) is 5.22.